The van der Waals surface area contributed by atoms with Crippen molar-refractivity contribution in [3.8, 4) is 0 Å². The van der Waals surface area contributed by atoms with E-state index >= 15 is 0 Å². The molecule has 0 spiro atoms. The van der Waals surface area contributed by atoms with Gasteiger partial charge in [-0.3, -0.25) is 4.79 Å². The van der Waals surface area contributed by atoms with Crippen LogP contribution in [0.1, 0.15) is 43.7 Å². The van der Waals surface area contributed by atoms with Gasteiger partial charge in [0.1, 0.15) is 0 Å². The van der Waals surface area contributed by atoms with Gasteiger partial charge in [-0.1, -0.05) is 34.5 Å². The number of carbonyl (C=O) groups is 1. The molecule has 2 fully saturated rings. The van der Waals surface area contributed by atoms with Crippen LogP contribution in [0, 0.1) is 5.92 Å². The number of nitrogens with zero attached hydrogens (tertiary/aromatic N) is 1. The predicted molar refractivity (Wildman–Crippen MR) is 75.2 cm³/mol. The number of hydrogen-bond donors (Lipinski definition) is 0. The molecule has 96 valence electrons. The van der Waals surface area contributed by atoms with Crippen LogP contribution in [0.15, 0.2) is 28.7 Å². The molecule has 1 aromatic rings. The van der Waals surface area contributed by atoms with Gasteiger partial charge >= 0.3 is 0 Å². The third-order valence-corrected chi connectivity index (χ3v) is 4.72. The molecule has 18 heavy (non-hydrogen) atoms. The number of benzene rings is 1. The van der Waals surface area contributed by atoms with Crippen molar-refractivity contribution in [3.05, 3.63) is 34.3 Å². The zero-order chi connectivity index (χ0) is 12.5. The van der Waals surface area contributed by atoms with Crippen LogP contribution in [0.4, 0.5) is 0 Å². The standard InChI is InChI=1S/C15H18BrNO/c16-13-7-2-6-12(10-13)14-8-3-9-17(14)15(18)11-4-1-5-11/h2,6-7,10-11,14H,1,3-5,8-9H2. The Morgan fingerprint density at radius 2 is 2.06 bits per heavy atom. The summed E-state index contributed by atoms with van der Waals surface area (Å²) >= 11 is 3.52. The summed E-state index contributed by atoms with van der Waals surface area (Å²) in [5.74, 6) is 0.710. The van der Waals surface area contributed by atoms with Crippen LogP contribution in [0.5, 0.6) is 0 Å². The van der Waals surface area contributed by atoms with Gasteiger partial charge in [-0.05, 0) is 43.4 Å². The van der Waals surface area contributed by atoms with Crippen LogP contribution in [-0.2, 0) is 4.79 Å². The zero-order valence-electron chi connectivity index (χ0n) is 10.4. The summed E-state index contributed by atoms with van der Waals surface area (Å²) in [6.07, 6.45) is 5.66. The van der Waals surface area contributed by atoms with Gasteiger partial charge in [0.15, 0.2) is 0 Å². The molecule has 1 atom stereocenters. The molecule has 1 heterocycles. The van der Waals surface area contributed by atoms with Gasteiger partial charge in [-0.2, -0.15) is 0 Å². The predicted octanol–water partition coefficient (Wildman–Crippen LogP) is 3.91. The quantitative estimate of drug-likeness (QED) is 0.811. The zero-order valence-corrected chi connectivity index (χ0v) is 12.0. The van der Waals surface area contributed by atoms with E-state index in [0.29, 0.717) is 17.9 Å². The third kappa shape index (κ3) is 2.20. The van der Waals surface area contributed by atoms with Crippen LogP contribution in [-0.4, -0.2) is 17.4 Å². The first-order valence-corrected chi connectivity index (χ1v) is 7.61. The Bertz CT molecular complexity index is 456. The second kappa shape index (κ2) is 5.04. The Kier molecular flexibility index (Phi) is 3.42. The van der Waals surface area contributed by atoms with E-state index in [4.69, 9.17) is 0 Å². The van der Waals surface area contributed by atoms with Crippen molar-refractivity contribution in [2.24, 2.45) is 5.92 Å². The topological polar surface area (TPSA) is 20.3 Å². The maximum atomic E-state index is 12.4. The summed E-state index contributed by atoms with van der Waals surface area (Å²) in [5, 5.41) is 0. The summed E-state index contributed by atoms with van der Waals surface area (Å²) in [7, 11) is 0. The minimum Gasteiger partial charge on any atom is -0.335 e. The summed E-state index contributed by atoms with van der Waals surface area (Å²) in [5.41, 5.74) is 1.27. The second-order valence-corrected chi connectivity index (χ2v) is 6.29. The molecule has 1 aliphatic heterocycles. The minimum atomic E-state index is 0.301. The smallest absolute Gasteiger partial charge is 0.226 e. The van der Waals surface area contributed by atoms with E-state index in [1.807, 2.05) is 6.07 Å². The fourth-order valence-electron chi connectivity index (χ4n) is 2.98. The number of hydrogen-bond acceptors (Lipinski definition) is 1. The summed E-state index contributed by atoms with van der Waals surface area (Å²) in [6.45, 7) is 0.937. The van der Waals surface area contributed by atoms with Crippen molar-refractivity contribution in [1.29, 1.82) is 0 Å². The molecule has 1 aliphatic carbocycles. The van der Waals surface area contributed by atoms with Crippen LogP contribution in [0.25, 0.3) is 0 Å². The number of likely N-dealkylation sites (tertiary alicyclic amines) is 1. The molecule has 1 saturated heterocycles. The van der Waals surface area contributed by atoms with Crippen molar-refractivity contribution in [2.75, 3.05) is 6.54 Å². The van der Waals surface area contributed by atoms with Gasteiger partial charge in [0.25, 0.3) is 0 Å². The summed E-state index contributed by atoms with van der Waals surface area (Å²) in [6, 6.07) is 8.69. The first-order chi connectivity index (χ1) is 8.75. The lowest BCUT2D eigenvalue weighted by molar-refractivity contribution is -0.139. The monoisotopic (exact) mass is 307 g/mol. The average Bonchev–Trinajstić information content (AvgIpc) is 2.75. The van der Waals surface area contributed by atoms with Crippen LogP contribution in [0.3, 0.4) is 0 Å². The fraction of sp³-hybridized carbons (Fsp3) is 0.533. The normalized spacial score (nSPS) is 24.1. The van der Waals surface area contributed by atoms with E-state index in [9.17, 15) is 4.79 Å². The van der Waals surface area contributed by atoms with Gasteiger partial charge in [0.2, 0.25) is 5.91 Å². The van der Waals surface area contributed by atoms with Gasteiger partial charge in [-0.15, -0.1) is 0 Å². The van der Waals surface area contributed by atoms with Crippen LogP contribution >= 0.6 is 15.9 Å². The first-order valence-electron chi connectivity index (χ1n) is 6.81. The molecule has 3 heteroatoms. The molecule has 0 radical (unpaired) electrons. The Morgan fingerprint density at radius 1 is 1.22 bits per heavy atom. The SMILES string of the molecule is O=C(C1CCC1)N1CCCC1c1cccc(Br)c1. The van der Waals surface area contributed by atoms with Gasteiger partial charge < -0.3 is 4.90 Å². The molecule has 0 bridgehead atoms. The van der Waals surface area contributed by atoms with Crippen molar-refractivity contribution >= 4 is 21.8 Å². The van der Waals surface area contributed by atoms with E-state index in [1.54, 1.807) is 0 Å². The Hall–Kier alpha value is -0.830. The highest BCUT2D eigenvalue weighted by Gasteiger charge is 2.36. The van der Waals surface area contributed by atoms with Crippen LogP contribution in [0.2, 0.25) is 0 Å². The largest absolute Gasteiger partial charge is 0.335 e. The molecule has 1 amide bonds. The van der Waals surface area contributed by atoms with Gasteiger partial charge in [0, 0.05) is 16.9 Å². The molecule has 2 nitrogen and oxygen atoms in total. The number of carbonyl (C=O) groups excluding carboxylic acids is 1. The molecule has 1 saturated carbocycles. The van der Waals surface area contributed by atoms with Crippen molar-refractivity contribution in [1.82, 2.24) is 4.90 Å². The molecule has 3 rings (SSSR count). The number of amides is 1. The maximum absolute atomic E-state index is 12.4. The second-order valence-electron chi connectivity index (χ2n) is 5.37. The molecular weight excluding hydrogens is 290 g/mol. The summed E-state index contributed by atoms with van der Waals surface area (Å²) in [4.78, 5) is 14.5. The van der Waals surface area contributed by atoms with Crippen LogP contribution < -0.4 is 0 Å². The van der Waals surface area contributed by atoms with E-state index in [2.05, 4.69) is 39.0 Å². The fourth-order valence-corrected chi connectivity index (χ4v) is 3.40. The molecule has 1 unspecified atom stereocenters. The number of halogens is 1. The Balaban J connectivity index is 1.80. The van der Waals surface area contributed by atoms with E-state index in [0.717, 1.165) is 36.7 Å². The lowest BCUT2D eigenvalue weighted by Gasteiger charge is -2.33. The van der Waals surface area contributed by atoms with Crippen molar-refractivity contribution in [2.45, 2.75) is 38.1 Å². The third-order valence-electron chi connectivity index (χ3n) is 4.22. The van der Waals surface area contributed by atoms with E-state index in [1.165, 1.54) is 12.0 Å². The molecule has 0 N–H and O–H groups in total. The van der Waals surface area contributed by atoms with Crippen molar-refractivity contribution < 1.29 is 4.79 Å². The average molecular weight is 308 g/mol. The maximum Gasteiger partial charge on any atom is 0.226 e. The van der Waals surface area contributed by atoms with Gasteiger partial charge in [-0.25, -0.2) is 0 Å². The highest BCUT2D eigenvalue weighted by molar-refractivity contribution is 9.10. The Morgan fingerprint density at radius 3 is 2.72 bits per heavy atom. The summed E-state index contributed by atoms with van der Waals surface area (Å²) < 4.78 is 1.10. The van der Waals surface area contributed by atoms with E-state index < -0.39 is 0 Å². The minimum absolute atomic E-state index is 0.301. The lowest BCUT2D eigenvalue weighted by Crippen LogP contribution is -2.38. The molecule has 2 aliphatic rings. The highest BCUT2D eigenvalue weighted by Crippen LogP contribution is 2.37. The molecular formula is C15H18BrNO. The molecule has 1 aromatic carbocycles. The lowest BCUT2D eigenvalue weighted by atomic mass is 9.84. The Labute approximate surface area is 116 Å². The van der Waals surface area contributed by atoms with Crippen molar-refractivity contribution in [3.63, 3.8) is 0 Å². The first kappa shape index (κ1) is 12.2. The highest BCUT2D eigenvalue weighted by atomic mass is 79.9. The van der Waals surface area contributed by atoms with Gasteiger partial charge in [0.05, 0.1) is 6.04 Å². The van der Waals surface area contributed by atoms with E-state index in [-0.39, 0.29) is 0 Å². The number of rotatable bonds is 2. The molecule has 0 aromatic heterocycles.